The maximum Gasteiger partial charge on any atom is 0.417 e. The van der Waals surface area contributed by atoms with Gasteiger partial charge in [0.2, 0.25) is 11.8 Å². The Morgan fingerprint density at radius 2 is 1.86 bits per heavy atom. The fraction of sp³-hybridized carbons (Fsp3) is 0.167. The first-order valence-corrected chi connectivity index (χ1v) is 9.08. The average Bonchev–Trinajstić information content (AvgIpc) is 2.88. The van der Waals surface area contributed by atoms with E-state index in [0.717, 1.165) is 23.9 Å². The molecular weight excluding hydrogens is 419 g/mol. The van der Waals surface area contributed by atoms with Crippen LogP contribution in [0.25, 0.3) is 0 Å². The lowest BCUT2D eigenvalue weighted by Gasteiger charge is -2.18. The molecule has 0 unspecified atom stereocenters. The molecule has 0 saturated carbocycles. The van der Waals surface area contributed by atoms with Crippen LogP contribution in [0.15, 0.2) is 47.4 Å². The molecule has 1 saturated heterocycles. The highest BCUT2D eigenvalue weighted by Gasteiger charge is 2.42. The van der Waals surface area contributed by atoms with Gasteiger partial charge < -0.3 is 5.11 Å². The van der Waals surface area contributed by atoms with Crippen molar-refractivity contribution in [3.63, 3.8) is 0 Å². The number of hydrogen-bond acceptors (Lipinski definition) is 4. The standard InChI is InChI=1S/C18H11ClF3NO4S/c19-12-6-5-9(7-11(12)18(20,21)22)23-15(24)8-14(16(23)25)28-13-4-2-1-3-10(13)17(26)27/h1-7,14H,8H2,(H,26,27)/t14-/m0/s1. The quantitative estimate of drug-likeness (QED) is 0.725. The largest absolute Gasteiger partial charge is 0.478 e. The number of aromatic carboxylic acids is 1. The second kappa shape index (κ2) is 7.48. The lowest BCUT2D eigenvalue weighted by atomic mass is 10.2. The molecule has 0 bridgehead atoms. The van der Waals surface area contributed by atoms with E-state index in [4.69, 9.17) is 11.6 Å². The van der Waals surface area contributed by atoms with Gasteiger partial charge in [0.15, 0.2) is 0 Å². The lowest BCUT2D eigenvalue weighted by molar-refractivity contribution is -0.137. The molecule has 1 fully saturated rings. The lowest BCUT2D eigenvalue weighted by Crippen LogP contribution is -2.31. The number of imide groups is 1. The van der Waals surface area contributed by atoms with E-state index in [-0.39, 0.29) is 22.6 Å². The summed E-state index contributed by atoms with van der Waals surface area (Å²) in [5, 5.41) is 7.73. The summed E-state index contributed by atoms with van der Waals surface area (Å²) >= 11 is 6.46. The Morgan fingerprint density at radius 3 is 2.50 bits per heavy atom. The molecule has 5 nitrogen and oxygen atoms in total. The predicted molar refractivity (Wildman–Crippen MR) is 96.6 cm³/mol. The minimum Gasteiger partial charge on any atom is -0.478 e. The van der Waals surface area contributed by atoms with Gasteiger partial charge in [0, 0.05) is 11.3 Å². The number of amides is 2. The van der Waals surface area contributed by atoms with E-state index in [2.05, 4.69) is 0 Å². The molecule has 3 rings (SSSR count). The van der Waals surface area contributed by atoms with Gasteiger partial charge in [-0.25, -0.2) is 9.69 Å². The highest BCUT2D eigenvalue weighted by atomic mass is 35.5. The minimum atomic E-state index is -4.74. The van der Waals surface area contributed by atoms with Crippen molar-refractivity contribution in [2.75, 3.05) is 4.90 Å². The number of nitrogens with zero attached hydrogens (tertiary/aromatic N) is 1. The van der Waals surface area contributed by atoms with E-state index in [1.165, 1.54) is 18.2 Å². The summed E-state index contributed by atoms with van der Waals surface area (Å²) in [6, 6.07) is 8.75. The molecule has 2 aromatic carbocycles. The van der Waals surface area contributed by atoms with Gasteiger partial charge in [0.25, 0.3) is 0 Å². The van der Waals surface area contributed by atoms with E-state index in [9.17, 15) is 32.7 Å². The second-order valence-corrected chi connectivity index (χ2v) is 7.49. The van der Waals surface area contributed by atoms with Gasteiger partial charge in [-0.15, -0.1) is 11.8 Å². The Labute approximate surface area is 166 Å². The molecule has 10 heteroatoms. The Kier molecular flexibility index (Phi) is 5.40. The van der Waals surface area contributed by atoms with Crippen molar-refractivity contribution in [1.82, 2.24) is 0 Å². The van der Waals surface area contributed by atoms with E-state index in [1.807, 2.05) is 0 Å². The van der Waals surface area contributed by atoms with E-state index in [0.29, 0.717) is 11.0 Å². The molecule has 1 atom stereocenters. The first-order chi connectivity index (χ1) is 13.1. The van der Waals surface area contributed by atoms with Crippen LogP contribution >= 0.6 is 23.4 Å². The highest BCUT2D eigenvalue weighted by Crippen LogP contribution is 2.40. The SMILES string of the molecule is O=C(O)c1ccccc1S[C@H]1CC(=O)N(c2ccc(Cl)c(C(F)(F)F)c2)C1=O. The molecule has 1 N–H and O–H groups in total. The molecule has 1 aliphatic heterocycles. The number of carboxylic acid groups (broad SMARTS) is 1. The molecule has 1 heterocycles. The van der Waals surface area contributed by atoms with Crippen molar-refractivity contribution in [3.8, 4) is 0 Å². The van der Waals surface area contributed by atoms with Gasteiger partial charge in [-0.2, -0.15) is 13.2 Å². The Balaban J connectivity index is 1.90. The number of carbonyl (C=O) groups excluding carboxylic acids is 2. The number of alkyl halides is 3. The van der Waals surface area contributed by atoms with Crippen LogP contribution in [0.2, 0.25) is 5.02 Å². The van der Waals surface area contributed by atoms with Gasteiger partial charge in [0.1, 0.15) is 0 Å². The van der Waals surface area contributed by atoms with Crippen LogP contribution in [-0.2, 0) is 15.8 Å². The fourth-order valence-corrected chi connectivity index (χ4v) is 4.14. The number of thioether (sulfide) groups is 1. The summed E-state index contributed by atoms with van der Waals surface area (Å²) in [6.07, 6.45) is -5.01. The van der Waals surface area contributed by atoms with Crippen LogP contribution in [0, 0.1) is 0 Å². The molecule has 1 aliphatic rings. The fourth-order valence-electron chi connectivity index (χ4n) is 2.74. The zero-order valence-corrected chi connectivity index (χ0v) is 15.4. The van der Waals surface area contributed by atoms with Crippen LogP contribution < -0.4 is 4.90 Å². The molecule has 2 amide bonds. The van der Waals surface area contributed by atoms with Gasteiger partial charge >= 0.3 is 12.1 Å². The zero-order valence-electron chi connectivity index (χ0n) is 13.9. The predicted octanol–water partition coefficient (Wildman–Crippen LogP) is 4.48. The van der Waals surface area contributed by atoms with Gasteiger partial charge in [-0.3, -0.25) is 9.59 Å². The zero-order chi connectivity index (χ0) is 20.6. The third-order valence-electron chi connectivity index (χ3n) is 4.01. The molecule has 146 valence electrons. The van der Waals surface area contributed by atoms with Crippen LogP contribution in [0.4, 0.5) is 18.9 Å². The number of benzene rings is 2. The van der Waals surface area contributed by atoms with Crippen LogP contribution in [0.1, 0.15) is 22.3 Å². The van der Waals surface area contributed by atoms with Crippen molar-refractivity contribution in [3.05, 3.63) is 58.6 Å². The second-order valence-electron chi connectivity index (χ2n) is 5.84. The maximum atomic E-state index is 13.1. The van der Waals surface area contributed by atoms with Crippen LogP contribution in [0.5, 0.6) is 0 Å². The van der Waals surface area contributed by atoms with Gasteiger partial charge in [-0.1, -0.05) is 23.7 Å². The van der Waals surface area contributed by atoms with Gasteiger partial charge in [-0.05, 0) is 30.3 Å². The number of halogens is 4. The van der Waals surface area contributed by atoms with E-state index in [1.54, 1.807) is 6.07 Å². The summed E-state index contributed by atoms with van der Waals surface area (Å²) in [4.78, 5) is 37.2. The number of carbonyl (C=O) groups is 3. The maximum absolute atomic E-state index is 13.1. The molecule has 2 aromatic rings. The third kappa shape index (κ3) is 3.85. The molecule has 0 aromatic heterocycles. The number of anilines is 1. The van der Waals surface area contributed by atoms with Crippen molar-refractivity contribution >= 4 is 46.8 Å². The Morgan fingerprint density at radius 1 is 1.18 bits per heavy atom. The smallest absolute Gasteiger partial charge is 0.417 e. The molecule has 0 radical (unpaired) electrons. The number of carboxylic acids is 1. The first kappa shape index (κ1) is 20.2. The topological polar surface area (TPSA) is 74.7 Å². The normalized spacial score (nSPS) is 17.3. The summed E-state index contributed by atoms with van der Waals surface area (Å²) in [7, 11) is 0. The Bertz CT molecular complexity index is 980. The Hall–Kier alpha value is -2.52. The number of hydrogen-bond donors (Lipinski definition) is 1. The van der Waals surface area contributed by atoms with Gasteiger partial charge in [0.05, 0.1) is 27.1 Å². The molecular formula is C18H11ClF3NO4S. The molecule has 0 spiro atoms. The average molecular weight is 430 g/mol. The van der Waals surface area contributed by atoms with Crippen LogP contribution in [0.3, 0.4) is 0 Å². The monoisotopic (exact) mass is 429 g/mol. The summed E-state index contributed by atoms with van der Waals surface area (Å²) in [6.45, 7) is 0. The number of rotatable bonds is 4. The summed E-state index contributed by atoms with van der Waals surface area (Å²) in [5.41, 5.74) is -1.42. The van der Waals surface area contributed by atoms with Crippen molar-refractivity contribution in [2.24, 2.45) is 0 Å². The van der Waals surface area contributed by atoms with Crippen molar-refractivity contribution in [2.45, 2.75) is 22.7 Å². The highest BCUT2D eigenvalue weighted by molar-refractivity contribution is 8.00. The minimum absolute atomic E-state index is 0.0305. The van der Waals surface area contributed by atoms with E-state index >= 15 is 0 Å². The first-order valence-electron chi connectivity index (χ1n) is 7.82. The van der Waals surface area contributed by atoms with Crippen molar-refractivity contribution in [1.29, 1.82) is 0 Å². The van der Waals surface area contributed by atoms with Crippen molar-refractivity contribution < 1.29 is 32.7 Å². The molecule has 28 heavy (non-hydrogen) atoms. The van der Waals surface area contributed by atoms with E-state index < -0.39 is 39.8 Å². The summed E-state index contributed by atoms with van der Waals surface area (Å²) in [5.74, 6) is -2.58. The molecule has 0 aliphatic carbocycles. The van der Waals surface area contributed by atoms with Crippen LogP contribution in [-0.4, -0.2) is 28.1 Å². The summed E-state index contributed by atoms with van der Waals surface area (Å²) < 4.78 is 39.2. The third-order valence-corrected chi connectivity index (χ3v) is 5.60.